The first-order valence-electron chi connectivity index (χ1n) is 26.1. The van der Waals surface area contributed by atoms with Crippen molar-refractivity contribution in [3.05, 3.63) is 267 Å². The Balaban J connectivity index is 1.05. The van der Waals surface area contributed by atoms with Gasteiger partial charge in [-0.2, -0.15) is 0 Å². The molecule has 2 aliphatic heterocycles. The second-order valence-corrected chi connectivity index (χ2v) is 24.4. The van der Waals surface area contributed by atoms with Crippen LogP contribution in [0.25, 0.3) is 44.5 Å². The molecule has 2 spiro atoms. The number of thiophene rings is 2. The third-order valence-corrected chi connectivity index (χ3v) is 20.3. The second kappa shape index (κ2) is 14.2. The van der Waals surface area contributed by atoms with Crippen molar-refractivity contribution in [3.63, 3.8) is 0 Å². The number of fused-ring (bicyclic) bond motifs is 26. The fourth-order valence-electron chi connectivity index (χ4n) is 14.8. The predicted molar refractivity (Wildman–Crippen MR) is 312 cm³/mol. The van der Waals surface area contributed by atoms with Crippen molar-refractivity contribution >= 4 is 78.5 Å². The van der Waals surface area contributed by atoms with E-state index in [2.05, 4.69) is 272 Å². The van der Waals surface area contributed by atoms with E-state index in [0.717, 1.165) is 0 Å². The van der Waals surface area contributed by atoms with Crippen molar-refractivity contribution in [2.45, 2.75) is 43.9 Å². The van der Waals surface area contributed by atoms with Crippen molar-refractivity contribution in [1.29, 1.82) is 0 Å². The van der Waals surface area contributed by atoms with Gasteiger partial charge in [0.05, 0.1) is 22.2 Å². The van der Waals surface area contributed by atoms with Crippen LogP contribution in [-0.4, -0.2) is 6.71 Å². The normalized spacial score (nSPS) is 15.4. The maximum atomic E-state index is 2.68. The zero-order chi connectivity index (χ0) is 49.0. The van der Waals surface area contributed by atoms with E-state index < -0.39 is 10.8 Å². The molecule has 0 saturated heterocycles. The molecule has 4 aliphatic carbocycles. The van der Waals surface area contributed by atoms with Crippen molar-refractivity contribution in [2.75, 3.05) is 9.80 Å². The van der Waals surface area contributed by atoms with Gasteiger partial charge in [-0.15, -0.1) is 22.7 Å². The summed E-state index contributed by atoms with van der Waals surface area (Å²) >= 11 is 4.18. The first-order chi connectivity index (χ1) is 36.3. The Bertz CT molecular complexity index is 4200. The van der Waals surface area contributed by atoms with Crippen molar-refractivity contribution in [2.24, 2.45) is 0 Å². The van der Waals surface area contributed by atoms with Gasteiger partial charge in [-0.1, -0.05) is 197 Å². The van der Waals surface area contributed by atoms with Crippen LogP contribution in [0, 0.1) is 6.92 Å². The molecule has 0 amide bonds. The highest BCUT2D eigenvalue weighted by atomic mass is 32.1. The molecule has 0 atom stereocenters. The SMILES string of the molecule is Cc1cc2c3c(c1)N(c1ccccc1)c1c(sc4c1-c1ccc(C(C)(C)C)cc1C41c4ccccc4-c4ccccc41)B3c1sc3c(c1N2c1ccccc1)-c1ccccc1C31c2ccccc2-c2ccccc21. The van der Waals surface area contributed by atoms with Crippen LogP contribution in [0.15, 0.2) is 212 Å². The maximum Gasteiger partial charge on any atom is 0.277 e. The maximum absolute atomic E-state index is 2.68. The lowest BCUT2D eigenvalue weighted by Crippen LogP contribution is -2.59. The summed E-state index contributed by atoms with van der Waals surface area (Å²) in [5, 5.41) is 0. The topological polar surface area (TPSA) is 6.48 Å². The highest BCUT2D eigenvalue weighted by Gasteiger charge is 2.60. The van der Waals surface area contributed by atoms with Crippen LogP contribution in [0.4, 0.5) is 34.1 Å². The van der Waals surface area contributed by atoms with Gasteiger partial charge in [-0.05, 0) is 132 Å². The lowest BCUT2D eigenvalue weighted by Gasteiger charge is -2.43. The highest BCUT2D eigenvalue weighted by Crippen LogP contribution is 2.70. The predicted octanol–water partition coefficient (Wildman–Crippen LogP) is 16.2. The summed E-state index contributed by atoms with van der Waals surface area (Å²) in [5.41, 5.74) is 29.6. The summed E-state index contributed by atoms with van der Waals surface area (Å²) in [7, 11) is 0. The summed E-state index contributed by atoms with van der Waals surface area (Å²) in [6, 6.07) is 81.6. The minimum absolute atomic E-state index is 0.0333. The minimum Gasteiger partial charge on any atom is -0.310 e. The van der Waals surface area contributed by atoms with E-state index in [0.29, 0.717) is 0 Å². The molecule has 0 bridgehead atoms. The Labute approximate surface area is 440 Å². The van der Waals surface area contributed by atoms with E-state index in [1.807, 2.05) is 0 Å². The van der Waals surface area contributed by atoms with Crippen molar-refractivity contribution in [3.8, 4) is 44.5 Å². The third kappa shape index (κ3) is 4.81. The van der Waals surface area contributed by atoms with Gasteiger partial charge in [-0.3, -0.25) is 0 Å². The van der Waals surface area contributed by atoms with Gasteiger partial charge < -0.3 is 9.80 Å². The van der Waals surface area contributed by atoms with Crippen molar-refractivity contribution in [1.82, 2.24) is 0 Å². The number of anilines is 6. The number of rotatable bonds is 2. The van der Waals surface area contributed by atoms with E-state index in [1.165, 1.54) is 148 Å². The van der Waals surface area contributed by atoms with Crippen LogP contribution in [0.2, 0.25) is 0 Å². The highest BCUT2D eigenvalue weighted by molar-refractivity contribution is 7.37. The molecule has 0 N–H and O–H groups in total. The molecule has 0 unspecified atom stereocenters. The summed E-state index contributed by atoms with van der Waals surface area (Å²) in [4.78, 5) is 8.21. The molecule has 348 valence electrons. The Morgan fingerprint density at radius 3 is 1.19 bits per heavy atom. The molecule has 74 heavy (non-hydrogen) atoms. The van der Waals surface area contributed by atoms with Crippen LogP contribution in [-0.2, 0) is 16.2 Å². The monoisotopic (exact) mass is 978 g/mol. The third-order valence-electron chi connectivity index (χ3n) is 17.6. The molecule has 2 nitrogen and oxygen atoms in total. The van der Waals surface area contributed by atoms with Crippen molar-refractivity contribution < 1.29 is 0 Å². The average Bonchev–Trinajstić information content (AvgIpc) is 4.45. The van der Waals surface area contributed by atoms with E-state index in [9.17, 15) is 0 Å². The number of aryl methyl sites for hydroxylation is 1. The zero-order valence-electron chi connectivity index (χ0n) is 41.5. The Morgan fingerprint density at radius 1 is 0.392 bits per heavy atom. The van der Waals surface area contributed by atoms with E-state index >= 15 is 0 Å². The average molecular weight is 979 g/mol. The smallest absolute Gasteiger partial charge is 0.277 e. The van der Waals surface area contributed by atoms with E-state index in [1.54, 1.807) is 0 Å². The number of benzene rings is 9. The summed E-state index contributed by atoms with van der Waals surface area (Å²) in [6.07, 6.45) is 0. The van der Waals surface area contributed by atoms with Gasteiger partial charge in [0, 0.05) is 53.2 Å². The molecular weight excluding hydrogens is 932 g/mol. The molecule has 9 aromatic carbocycles. The van der Waals surface area contributed by atoms with Crippen LogP contribution in [0.1, 0.15) is 75.0 Å². The molecule has 4 heterocycles. The molecule has 6 aliphatic rings. The number of para-hydroxylation sites is 2. The molecule has 0 saturated carbocycles. The molecule has 17 rings (SSSR count). The van der Waals surface area contributed by atoms with Crippen LogP contribution in [0.3, 0.4) is 0 Å². The number of hydrogen-bond acceptors (Lipinski definition) is 4. The van der Waals surface area contributed by atoms with Crippen LogP contribution >= 0.6 is 22.7 Å². The lowest BCUT2D eigenvalue weighted by atomic mass is 9.39. The van der Waals surface area contributed by atoms with Gasteiger partial charge in [0.2, 0.25) is 0 Å². The number of nitrogens with zero attached hydrogens (tertiary/aromatic N) is 2. The van der Waals surface area contributed by atoms with Crippen LogP contribution in [0.5, 0.6) is 0 Å². The number of hydrogen-bond donors (Lipinski definition) is 0. The van der Waals surface area contributed by atoms with Crippen LogP contribution < -0.4 is 24.8 Å². The summed E-state index contributed by atoms with van der Waals surface area (Å²) < 4.78 is 2.84. The molecule has 0 fully saturated rings. The quantitative estimate of drug-likeness (QED) is 0.159. The molecular formula is C69H47BN2S2. The van der Waals surface area contributed by atoms with Gasteiger partial charge in [0.15, 0.2) is 0 Å². The minimum atomic E-state index is -0.501. The lowest BCUT2D eigenvalue weighted by molar-refractivity contribution is 0.588. The standard InChI is InChI=1S/C69H47BN2S2/c1-40-37-56-60-57(38-40)72(43-23-9-6-10-24-43)62-59-49-36-35-41(67(2,3)4)39-55(49)69(52-32-18-13-27-46(52)47-28-14-19-33-53(47)69)64(59)74-66(62)70(60)65-61(71(56)42-21-7-5-8-22-42)58-48-29-15-20-34-54(48)68(63(58)73-65)50-30-16-11-25-44(50)45-26-12-17-31-51(45)68/h5-39H,1-4H3. The largest absolute Gasteiger partial charge is 0.310 e. The van der Waals surface area contributed by atoms with Gasteiger partial charge in [0.1, 0.15) is 0 Å². The summed E-state index contributed by atoms with van der Waals surface area (Å²) in [6.45, 7) is 9.36. The second-order valence-electron chi connectivity index (χ2n) is 22.3. The molecule has 5 heteroatoms. The van der Waals surface area contributed by atoms with Gasteiger partial charge >= 0.3 is 0 Å². The fraction of sp³-hybridized carbons (Fsp3) is 0.101. The summed E-state index contributed by atoms with van der Waals surface area (Å²) in [5.74, 6) is 0. The zero-order valence-corrected chi connectivity index (χ0v) is 43.1. The first-order valence-corrected chi connectivity index (χ1v) is 27.8. The Morgan fingerprint density at radius 2 is 0.757 bits per heavy atom. The fourth-order valence-corrected chi connectivity index (χ4v) is 18.2. The van der Waals surface area contributed by atoms with Gasteiger partial charge in [0.25, 0.3) is 6.71 Å². The molecule has 11 aromatic rings. The first kappa shape index (κ1) is 41.5. The van der Waals surface area contributed by atoms with E-state index in [-0.39, 0.29) is 12.1 Å². The van der Waals surface area contributed by atoms with E-state index in [4.69, 9.17) is 0 Å². The Kier molecular flexibility index (Phi) is 7.97. The molecule has 2 aromatic heterocycles. The molecule has 0 radical (unpaired) electrons. The Hall–Kier alpha value is -7.96. The van der Waals surface area contributed by atoms with Gasteiger partial charge in [-0.25, -0.2) is 0 Å².